The molecule has 0 unspecified atom stereocenters. The number of imide groups is 1. The van der Waals surface area contributed by atoms with E-state index >= 15 is 0 Å². The SMILES string of the molecule is Cc1ccc(C2=C(SCCO)C(=O)N(c3cc(C)ccc3C)C2=O)cc1. The summed E-state index contributed by atoms with van der Waals surface area (Å²) in [6.07, 6.45) is 0. The van der Waals surface area contributed by atoms with Crippen LogP contribution in [0.1, 0.15) is 22.3 Å². The average Bonchev–Trinajstić information content (AvgIpc) is 2.86. The minimum Gasteiger partial charge on any atom is -0.396 e. The normalized spacial score (nSPS) is 14.5. The van der Waals surface area contributed by atoms with Crippen LogP contribution in [0.5, 0.6) is 0 Å². The topological polar surface area (TPSA) is 57.6 Å². The van der Waals surface area contributed by atoms with Gasteiger partial charge in [-0.15, -0.1) is 11.8 Å². The molecule has 0 saturated carbocycles. The van der Waals surface area contributed by atoms with E-state index < -0.39 is 0 Å². The standard InChI is InChI=1S/C21H21NO3S/c1-13-5-8-16(9-6-13)18-19(26-11-10-23)21(25)22(20(18)24)17-12-14(2)4-7-15(17)3/h4-9,12,23H,10-11H2,1-3H3. The highest BCUT2D eigenvalue weighted by Gasteiger charge is 2.40. The average molecular weight is 367 g/mol. The number of carbonyl (C=O) groups excluding carboxylic acids is 2. The fraction of sp³-hybridized carbons (Fsp3) is 0.238. The van der Waals surface area contributed by atoms with Crippen molar-refractivity contribution in [3.8, 4) is 0 Å². The van der Waals surface area contributed by atoms with Gasteiger partial charge in [-0.25, -0.2) is 4.90 Å². The van der Waals surface area contributed by atoms with Gasteiger partial charge in [0, 0.05) is 5.75 Å². The third-order valence-electron chi connectivity index (χ3n) is 4.32. The van der Waals surface area contributed by atoms with Gasteiger partial charge in [-0.2, -0.15) is 0 Å². The zero-order valence-electron chi connectivity index (χ0n) is 15.1. The summed E-state index contributed by atoms with van der Waals surface area (Å²) in [7, 11) is 0. The number of thioether (sulfide) groups is 1. The van der Waals surface area contributed by atoms with Gasteiger partial charge in [-0.3, -0.25) is 9.59 Å². The first-order chi connectivity index (χ1) is 12.4. The summed E-state index contributed by atoms with van der Waals surface area (Å²) in [6, 6.07) is 13.3. The third kappa shape index (κ3) is 3.32. The van der Waals surface area contributed by atoms with Gasteiger partial charge in [-0.05, 0) is 43.5 Å². The molecule has 5 heteroatoms. The van der Waals surface area contributed by atoms with Crippen LogP contribution in [-0.2, 0) is 9.59 Å². The van der Waals surface area contributed by atoms with Gasteiger partial charge >= 0.3 is 0 Å². The van der Waals surface area contributed by atoms with Crippen molar-refractivity contribution in [2.24, 2.45) is 0 Å². The summed E-state index contributed by atoms with van der Waals surface area (Å²) in [4.78, 5) is 27.9. The second kappa shape index (κ2) is 7.48. The van der Waals surface area contributed by atoms with Crippen molar-refractivity contribution in [2.75, 3.05) is 17.3 Å². The lowest BCUT2D eigenvalue weighted by Gasteiger charge is -2.18. The molecule has 0 aliphatic carbocycles. The molecule has 1 aliphatic heterocycles. The van der Waals surface area contributed by atoms with Crippen molar-refractivity contribution in [3.05, 3.63) is 69.6 Å². The van der Waals surface area contributed by atoms with E-state index in [-0.39, 0.29) is 18.4 Å². The Labute approximate surface area is 157 Å². The predicted molar refractivity (Wildman–Crippen MR) is 106 cm³/mol. The molecule has 2 amide bonds. The van der Waals surface area contributed by atoms with Gasteiger partial charge in [0.2, 0.25) is 0 Å². The maximum atomic E-state index is 13.2. The van der Waals surface area contributed by atoms with E-state index in [0.717, 1.165) is 22.3 Å². The Kier molecular flexibility index (Phi) is 5.30. The fourth-order valence-electron chi connectivity index (χ4n) is 2.95. The molecule has 1 aliphatic rings. The number of anilines is 1. The van der Waals surface area contributed by atoms with Crippen LogP contribution >= 0.6 is 11.8 Å². The van der Waals surface area contributed by atoms with E-state index in [2.05, 4.69) is 0 Å². The Balaban J connectivity index is 2.11. The molecule has 26 heavy (non-hydrogen) atoms. The van der Waals surface area contributed by atoms with Crippen molar-refractivity contribution >= 4 is 34.8 Å². The van der Waals surface area contributed by atoms with Gasteiger partial charge in [0.1, 0.15) is 0 Å². The number of hydrogen-bond acceptors (Lipinski definition) is 4. The number of aryl methyl sites for hydroxylation is 3. The molecule has 134 valence electrons. The summed E-state index contributed by atoms with van der Waals surface area (Å²) in [5.74, 6) is -0.268. The third-order valence-corrected chi connectivity index (χ3v) is 5.38. The van der Waals surface area contributed by atoms with Crippen molar-refractivity contribution in [3.63, 3.8) is 0 Å². The van der Waals surface area contributed by atoms with Crippen LogP contribution in [0.15, 0.2) is 47.4 Å². The van der Waals surface area contributed by atoms with E-state index in [0.29, 0.717) is 21.9 Å². The molecular formula is C21H21NO3S. The van der Waals surface area contributed by atoms with Crippen LogP contribution in [-0.4, -0.2) is 29.3 Å². The number of carbonyl (C=O) groups is 2. The highest BCUT2D eigenvalue weighted by Crippen LogP contribution is 2.39. The number of aliphatic hydroxyl groups is 1. The number of nitrogens with zero attached hydrogens (tertiary/aromatic N) is 1. The monoisotopic (exact) mass is 367 g/mol. The van der Waals surface area contributed by atoms with Crippen LogP contribution < -0.4 is 4.90 Å². The Morgan fingerprint density at radius 1 is 0.923 bits per heavy atom. The lowest BCUT2D eigenvalue weighted by molar-refractivity contribution is -0.119. The minimum atomic E-state index is -0.322. The van der Waals surface area contributed by atoms with Gasteiger partial charge in [0.25, 0.3) is 11.8 Å². The Hall–Kier alpha value is -2.37. The lowest BCUT2D eigenvalue weighted by Crippen LogP contribution is -2.32. The first-order valence-electron chi connectivity index (χ1n) is 8.45. The lowest BCUT2D eigenvalue weighted by atomic mass is 10.0. The van der Waals surface area contributed by atoms with Gasteiger partial charge < -0.3 is 5.11 Å². The number of benzene rings is 2. The molecule has 0 radical (unpaired) electrons. The van der Waals surface area contributed by atoms with Gasteiger partial charge in [0.05, 0.1) is 22.8 Å². The first-order valence-corrected chi connectivity index (χ1v) is 9.43. The molecule has 0 aromatic heterocycles. The molecule has 1 N–H and O–H groups in total. The summed E-state index contributed by atoms with van der Waals surface area (Å²) in [6.45, 7) is 5.74. The molecule has 0 bridgehead atoms. The number of aliphatic hydroxyl groups excluding tert-OH is 1. The molecule has 3 rings (SSSR count). The van der Waals surface area contributed by atoms with Crippen LogP contribution in [0.4, 0.5) is 5.69 Å². The molecular weight excluding hydrogens is 346 g/mol. The first kappa shape index (κ1) is 18.4. The minimum absolute atomic E-state index is 0.0553. The number of rotatable bonds is 5. The molecule has 0 fully saturated rings. The van der Waals surface area contributed by atoms with Crippen molar-refractivity contribution in [1.29, 1.82) is 0 Å². The van der Waals surface area contributed by atoms with Gasteiger partial charge in [0.15, 0.2) is 0 Å². The van der Waals surface area contributed by atoms with E-state index in [4.69, 9.17) is 0 Å². The van der Waals surface area contributed by atoms with Crippen LogP contribution in [0.3, 0.4) is 0 Å². The van der Waals surface area contributed by atoms with E-state index in [9.17, 15) is 14.7 Å². The second-order valence-corrected chi connectivity index (χ2v) is 7.48. The summed E-state index contributed by atoms with van der Waals surface area (Å²) in [5.41, 5.74) is 4.69. The Morgan fingerprint density at radius 2 is 1.58 bits per heavy atom. The van der Waals surface area contributed by atoms with Crippen molar-refractivity contribution < 1.29 is 14.7 Å². The molecule has 2 aromatic rings. The fourth-order valence-corrected chi connectivity index (χ4v) is 3.80. The van der Waals surface area contributed by atoms with Crippen LogP contribution in [0.25, 0.3) is 5.57 Å². The zero-order chi connectivity index (χ0) is 18.8. The summed E-state index contributed by atoms with van der Waals surface area (Å²) >= 11 is 1.23. The molecule has 0 spiro atoms. The van der Waals surface area contributed by atoms with Crippen LogP contribution in [0, 0.1) is 20.8 Å². The summed E-state index contributed by atoms with van der Waals surface area (Å²) in [5, 5.41) is 9.18. The summed E-state index contributed by atoms with van der Waals surface area (Å²) < 4.78 is 0. The van der Waals surface area contributed by atoms with E-state index in [1.165, 1.54) is 16.7 Å². The molecule has 0 saturated heterocycles. The maximum absolute atomic E-state index is 13.2. The largest absolute Gasteiger partial charge is 0.396 e. The quantitative estimate of drug-likeness (QED) is 0.820. The number of hydrogen-bond donors (Lipinski definition) is 1. The van der Waals surface area contributed by atoms with E-state index in [1.54, 1.807) is 0 Å². The predicted octanol–water partition coefficient (Wildman–Crippen LogP) is 3.62. The van der Waals surface area contributed by atoms with Crippen LogP contribution in [0.2, 0.25) is 0 Å². The number of amides is 2. The molecule has 0 atom stereocenters. The smallest absolute Gasteiger partial charge is 0.272 e. The van der Waals surface area contributed by atoms with Gasteiger partial charge in [-0.1, -0.05) is 42.0 Å². The van der Waals surface area contributed by atoms with Crippen molar-refractivity contribution in [1.82, 2.24) is 0 Å². The zero-order valence-corrected chi connectivity index (χ0v) is 15.9. The molecule has 4 nitrogen and oxygen atoms in total. The molecule has 2 aromatic carbocycles. The Morgan fingerprint density at radius 3 is 2.23 bits per heavy atom. The highest BCUT2D eigenvalue weighted by molar-refractivity contribution is 8.04. The second-order valence-electron chi connectivity index (χ2n) is 6.38. The maximum Gasteiger partial charge on any atom is 0.272 e. The van der Waals surface area contributed by atoms with E-state index in [1.807, 2.05) is 63.2 Å². The Bertz CT molecular complexity index is 900. The highest BCUT2D eigenvalue weighted by atomic mass is 32.2. The van der Waals surface area contributed by atoms with Crippen molar-refractivity contribution in [2.45, 2.75) is 20.8 Å². The molecule has 1 heterocycles.